The number of hydrogen-bond acceptors (Lipinski definition) is 5. The molecular formula is C22H24N2O5. The van der Waals surface area contributed by atoms with Crippen molar-refractivity contribution in [1.29, 1.82) is 0 Å². The summed E-state index contributed by atoms with van der Waals surface area (Å²) in [6.45, 7) is 3.78. The minimum atomic E-state index is -0.598. The number of carbonyl (C=O) groups excluding carboxylic acids is 3. The van der Waals surface area contributed by atoms with Crippen LogP contribution < -0.4 is 15.0 Å². The second-order valence-electron chi connectivity index (χ2n) is 7.06. The van der Waals surface area contributed by atoms with Crippen molar-refractivity contribution in [3.8, 4) is 5.75 Å². The number of benzene rings is 2. The molecule has 0 unspecified atom stereocenters. The lowest BCUT2D eigenvalue weighted by Gasteiger charge is -2.17. The molecule has 1 aliphatic heterocycles. The lowest BCUT2D eigenvalue weighted by Crippen LogP contribution is -2.28. The van der Waals surface area contributed by atoms with Gasteiger partial charge in [-0.3, -0.25) is 14.4 Å². The second kappa shape index (κ2) is 8.77. The van der Waals surface area contributed by atoms with E-state index in [1.165, 1.54) is 0 Å². The summed E-state index contributed by atoms with van der Waals surface area (Å²) in [6, 6.07) is 12.6. The van der Waals surface area contributed by atoms with Gasteiger partial charge in [0.15, 0.2) is 6.61 Å². The average Bonchev–Trinajstić information content (AvgIpc) is 3.11. The number of amides is 2. The highest BCUT2D eigenvalue weighted by molar-refractivity contribution is 6.00. The smallest absolute Gasteiger partial charge is 0.311 e. The van der Waals surface area contributed by atoms with Gasteiger partial charge in [-0.05, 0) is 61.4 Å². The summed E-state index contributed by atoms with van der Waals surface area (Å²) in [5.41, 5.74) is 3.53. The van der Waals surface area contributed by atoms with Gasteiger partial charge in [-0.2, -0.15) is 0 Å². The molecule has 1 saturated heterocycles. The lowest BCUT2D eigenvalue weighted by molar-refractivity contribution is -0.151. The van der Waals surface area contributed by atoms with Crippen LogP contribution in [0.1, 0.15) is 17.5 Å². The van der Waals surface area contributed by atoms with Gasteiger partial charge in [0.25, 0.3) is 5.91 Å². The van der Waals surface area contributed by atoms with Crippen LogP contribution in [0, 0.1) is 19.8 Å². The van der Waals surface area contributed by atoms with E-state index in [-0.39, 0.29) is 25.5 Å². The van der Waals surface area contributed by atoms with Crippen LogP contribution in [0.2, 0.25) is 0 Å². The number of methoxy groups -OCH3 is 1. The van der Waals surface area contributed by atoms with E-state index in [4.69, 9.17) is 9.47 Å². The van der Waals surface area contributed by atoms with E-state index >= 15 is 0 Å². The van der Waals surface area contributed by atoms with E-state index in [2.05, 4.69) is 5.32 Å². The number of ether oxygens (including phenoxy) is 2. The van der Waals surface area contributed by atoms with Crippen LogP contribution in [0.25, 0.3) is 0 Å². The molecule has 1 atom stereocenters. The molecule has 0 aromatic heterocycles. The highest BCUT2D eigenvalue weighted by Gasteiger charge is 2.36. The van der Waals surface area contributed by atoms with Crippen molar-refractivity contribution in [2.75, 3.05) is 30.5 Å². The van der Waals surface area contributed by atoms with Crippen LogP contribution in [0.3, 0.4) is 0 Å². The summed E-state index contributed by atoms with van der Waals surface area (Å²) in [5.74, 6) is -1.04. The quantitative estimate of drug-likeness (QED) is 0.759. The van der Waals surface area contributed by atoms with Gasteiger partial charge >= 0.3 is 5.97 Å². The standard InChI is InChI=1S/C22H24N2O5/c1-14-4-5-17(10-15(14)2)23-20(25)13-29-22(27)16-11-21(26)24(12-16)18-6-8-19(28-3)9-7-18/h4-10,16H,11-13H2,1-3H3,(H,23,25)/t16-/m0/s1. The molecule has 29 heavy (non-hydrogen) atoms. The number of esters is 1. The van der Waals surface area contributed by atoms with Crippen molar-refractivity contribution in [2.24, 2.45) is 5.92 Å². The molecule has 1 heterocycles. The van der Waals surface area contributed by atoms with Crippen molar-refractivity contribution in [2.45, 2.75) is 20.3 Å². The normalized spacial score (nSPS) is 15.9. The number of nitrogens with one attached hydrogen (secondary N) is 1. The zero-order valence-electron chi connectivity index (χ0n) is 16.7. The molecule has 1 fully saturated rings. The predicted molar refractivity (Wildman–Crippen MR) is 109 cm³/mol. The number of rotatable bonds is 6. The van der Waals surface area contributed by atoms with Gasteiger partial charge < -0.3 is 19.7 Å². The van der Waals surface area contributed by atoms with Crippen LogP contribution in [0.5, 0.6) is 5.75 Å². The zero-order chi connectivity index (χ0) is 21.0. The fourth-order valence-corrected chi connectivity index (χ4v) is 3.15. The molecule has 7 heteroatoms. The molecule has 0 bridgehead atoms. The Labute approximate surface area is 169 Å². The number of anilines is 2. The minimum Gasteiger partial charge on any atom is -0.497 e. The summed E-state index contributed by atoms with van der Waals surface area (Å²) in [5, 5.41) is 2.70. The minimum absolute atomic E-state index is 0.0592. The first-order valence-electron chi connectivity index (χ1n) is 9.35. The molecule has 2 aromatic rings. The Morgan fingerprint density at radius 3 is 2.48 bits per heavy atom. The summed E-state index contributed by atoms with van der Waals surface area (Å²) < 4.78 is 10.2. The third-order valence-corrected chi connectivity index (χ3v) is 4.98. The van der Waals surface area contributed by atoms with Gasteiger partial charge in [-0.25, -0.2) is 0 Å². The van der Waals surface area contributed by atoms with Crippen LogP contribution in [0.15, 0.2) is 42.5 Å². The van der Waals surface area contributed by atoms with E-state index in [0.717, 1.165) is 11.1 Å². The molecule has 152 valence electrons. The maximum atomic E-state index is 12.3. The van der Waals surface area contributed by atoms with E-state index < -0.39 is 17.8 Å². The molecule has 1 N–H and O–H groups in total. The van der Waals surface area contributed by atoms with Gasteiger partial charge in [0.2, 0.25) is 5.91 Å². The van der Waals surface area contributed by atoms with Crippen molar-refractivity contribution < 1.29 is 23.9 Å². The maximum absolute atomic E-state index is 12.3. The third-order valence-electron chi connectivity index (χ3n) is 4.98. The third kappa shape index (κ3) is 4.93. The first-order valence-corrected chi connectivity index (χ1v) is 9.35. The van der Waals surface area contributed by atoms with Gasteiger partial charge in [0.05, 0.1) is 13.0 Å². The Morgan fingerprint density at radius 2 is 1.83 bits per heavy atom. The van der Waals surface area contributed by atoms with Crippen molar-refractivity contribution in [1.82, 2.24) is 0 Å². The molecule has 0 aliphatic carbocycles. The van der Waals surface area contributed by atoms with Crippen molar-refractivity contribution in [3.63, 3.8) is 0 Å². The molecule has 2 aromatic carbocycles. The highest BCUT2D eigenvalue weighted by atomic mass is 16.5. The first-order chi connectivity index (χ1) is 13.9. The molecule has 2 amide bonds. The number of carbonyl (C=O) groups is 3. The fraction of sp³-hybridized carbons (Fsp3) is 0.318. The fourth-order valence-electron chi connectivity index (χ4n) is 3.15. The first kappa shape index (κ1) is 20.4. The Kier molecular flexibility index (Phi) is 6.16. The SMILES string of the molecule is COc1ccc(N2C[C@@H](C(=O)OCC(=O)Nc3ccc(C)c(C)c3)CC2=O)cc1. The highest BCUT2D eigenvalue weighted by Crippen LogP contribution is 2.27. The monoisotopic (exact) mass is 396 g/mol. The predicted octanol–water partition coefficient (Wildman–Crippen LogP) is 2.85. The zero-order valence-corrected chi connectivity index (χ0v) is 16.7. The molecule has 0 spiro atoms. The van der Waals surface area contributed by atoms with Crippen LogP contribution >= 0.6 is 0 Å². The summed E-state index contributed by atoms with van der Waals surface area (Å²) in [6.07, 6.45) is 0.0592. The van der Waals surface area contributed by atoms with Gasteiger partial charge in [0.1, 0.15) is 5.75 Å². The number of aryl methyl sites for hydroxylation is 2. The van der Waals surface area contributed by atoms with Crippen molar-refractivity contribution in [3.05, 3.63) is 53.6 Å². The van der Waals surface area contributed by atoms with E-state index in [9.17, 15) is 14.4 Å². The summed E-state index contributed by atoms with van der Waals surface area (Å²) in [4.78, 5) is 38.2. The second-order valence-corrected chi connectivity index (χ2v) is 7.06. The average molecular weight is 396 g/mol. The van der Waals surface area contributed by atoms with E-state index in [0.29, 0.717) is 17.1 Å². The van der Waals surface area contributed by atoms with Gasteiger partial charge in [-0.1, -0.05) is 6.07 Å². The van der Waals surface area contributed by atoms with Gasteiger partial charge in [0, 0.05) is 24.3 Å². The number of hydrogen-bond donors (Lipinski definition) is 1. The Morgan fingerprint density at radius 1 is 1.10 bits per heavy atom. The van der Waals surface area contributed by atoms with Crippen molar-refractivity contribution >= 4 is 29.2 Å². The molecular weight excluding hydrogens is 372 g/mol. The molecule has 7 nitrogen and oxygen atoms in total. The maximum Gasteiger partial charge on any atom is 0.311 e. The van der Waals surface area contributed by atoms with Crippen LogP contribution in [-0.4, -0.2) is 38.0 Å². The molecule has 1 aliphatic rings. The van der Waals surface area contributed by atoms with Crippen LogP contribution in [0.4, 0.5) is 11.4 Å². The van der Waals surface area contributed by atoms with E-state index in [1.807, 2.05) is 26.0 Å². The summed E-state index contributed by atoms with van der Waals surface area (Å²) >= 11 is 0. The molecule has 0 saturated carbocycles. The summed E-state index contributed by atoms with van der Waals surface area (Å²) in [7, 11) is 1.57. The molecule has 3 rings (SSSR count). The Balaban J connectivity index is 1.52. The van der Waals surface area contributed by atoms with Crippen LogP contribution in [-0.2, 0) is 19.1 Å². The van der Waals surface area contributed by atoms with E-state index in [1.54, 1.807) is 42.3 Å². The number of nitrogens with zero attached hydrogens (tertiary/aromatic N) is 1. The van der Waals surface area contributed by atoms with Gasteiger partial charge in [-0.15, -0.1) is 0 Å². The largest absolute Gasteiger partial charge is 0.497 e. The Bertz CT molecular complexity index is 923. The topological polar surface area (TPSA) is 84.9 Å². The molecule has 0 radical (unpaired) electrons. The lowest BCUT2D eigenvalue weighted by atomic mass is 10.1. The Hall–Kier alpha value is -3.35.